The van der Waals surface area contributed by atoms with E-state index in [4.69, 9.17) is 4.74 Å². The molecule has 2 saturated heterocycles. The molecular weight excluding hydrogens is 338 g/mol. The van der Waals surface area contributed by atoms with Crippen molar-refractivity contribution in [2.45, 2.75) is 39.5 Å². The second-order valence-corrected chi connectivity index (χ2v) is 9.17. The number of morpholine rings is 1. The fourth-order valence-electron chi connectivity index (χ4n) is 3.67. The molecule has 0 N–H and O–H groups in total. The van der Waals surface area contributed by atoms with Gasteiger partial charge in [0.15, 0.2) is 0 Å². The lowest BCUT2D eigenvalue weighted by Crippen LogP contribution is -2.57. The van der Waals surface area contributed by atoms with Crippen LogP contribution < -0.4 is 0 Å². The number of rotatable bonds is 4. The van der Waals surface area contributed by atoms with Gasteiger partial charge in [0.2, 0.25) is 0 Å². The summed E-state index contributed by atoms with van der Waals surface area (Å²) in [7, 11) is -3.39. The van der Waals surface area contributed by atoms with Gasteiger partial charge in [-0.25, -0.2) is 0 Å². The van der Waals surface area contributed by atoms with E-state index in [1.807, 2.05) is 13.8 Å². The molecule has 2 heterocycles. The van der Waals surface area contributed by atoms with Gasteiger partial charge in [-0.2, -0.15) is 17.0 Å². The number of aryl methyl sites for hydroxylation is 1. The summed E-state index contributed by atoms with van der Waals surface area (Å²) in [5.41, 5.74) is 2.54. The lowest BCUT2D eigenvalue weighted by atomic mass is 10.1. The fourth-order valence-corrected chi connectivity index (χ4v) is 5.42. The summed E-state index contributed by atoms with van der Waals surface area (Å²) in [6.45, 7) is 10.3. The molecule has 140 valence electrons. The predicted molar refractivity (Wildman–Crippen MR) is 98.5 cm³/mol. The van der Waals surface area contributed by atoms with Crippen LogP contribution in [0.1, 0.15) is 25.0 Å². The molecule has 3 rings (SSSR count). The summed E-state index contributed by atoms with van der Waals surface area (Å²) in [4.78, 5) is 2.32. The smallest absolute Gasteiger partial charge is 0.282 e. The lowest BCUT2D eigenvalue weighted by molar-refractivity contribution is -0.0457. The van der Waals surface area contributed by atoms with Gasteiger partial charge in [0.1, 0.15) is 0 Å². The molecule has 2 aliphatic heterocycles. The average molecular weight is 368 g/mol. The van der Waals surface area contributed by atoms with Crippen LogP contribution in [0.2, 0.25) is 0 Å². The van der Waals surface area contributed by atoms with Gasteiger partial charge in [0.05, 0.1) is 12.2 Å². The van der Waals surface area contributed by atoms with Crippen molar-refractivity contribution in [1.82, 2.24) is 13.5 Å². The first-order valence-corrected chi connectivity index (χ1v) is 10.4. The van der Waals surface area contributed by atoms with Crippen LogP contribution in [0.4, 0.5) is 0 Å². The molecule has 0 saturated carbocycles. The second kappa shape index (κ2) is 7.72. The quantitative estimate of drug-likeness (QED) is 0.809. The minimum atomic E-state index is -3.39. The minimum absolute atomic E-state index is 0.0545. The number of piperazine rings is 1. The highest BCUT2D eigenvalue weighted by atomic mass is 32.2. The first-order valence-electron chi connectivity index (χ1n) is 9.03. The Morgan fingerprint density at radius 1 is 1.04 bits per heavy atom. The third kappa shape index (κ3) is 4.60. The van der Waals surface area contributed by atoms with E-state index in [0.717, 1.165) is 19.6 Å². The van der Waals surface area contributed by atoms with E-state index < -0.39 is 10.2 Å². The van der Waals surface area contributed by atoms with Crippen molar-refractivity contribution in [3.05, 3.63) is 35.4 Å². The number of nitrogens with zero attached hydrogens (tertiary/aromatic N) is 3. The van der Waals surface area contributed by atoms with Crippen LogP contribution in [-0.4, -0.2) is 73.4 Å². The lowest BCUT2D eigenvalue weighted by Gasteiger charge is -2.40. The van der Waals surface area contributed by atoms with Crippen LogP contribution in [0.15, 0.2) is 24.3 Å². The van der Waals surface area contributed by atoms with Gasteiger partial charge in [-0.1, -0.05) is 29.8 Å². The molecule has 0 amide bonds. The molecule has 6 nitrogen and oxygen atoms in total. The molecule has 0 aliphatic carbocycles. The van der Waals surface area contributed by atoms with Crippen LogP contribution >= 0.6 is 0 Å². The van der Waals surface area contributed by atoms with Crippen molar-refractivity contribution < 1.29 is 13.2 Å². The summed E-state index contributed by atoms with van der Waals surface area (Å²) in [6, 6.07) is 8.50. The van der Waals surface area contributed by atoms with Crippen molar-refractivity contribution in [1.29, 1.82) is 0 Å². The fraction of sp³-hybridized carbons (Fsp3) is 0.667. The third-order valence-electron chi connectivity index (χ3n) is 4.86. The number of hydrogen-bond donors (Lipinski definition) is 0. The van der Waals surface area contributed by atoms with Crippen molar-refractivity contribution >= 4 is 10.2 Å². The topological polar surface area (TPSA) is 53.1 Å². The van der Waals surface area contributed by atoms with Gasteiger partial charge >= 0.3 is 0 Å². The number of hydrogen-bond acceptors (Lipinski definition) is 4. The van der Waals surface area contributed by atoms with Crippen LogP contribution in [0.3, 0.4) is 0 Å². The van der Waals surface area contributed by atoms with Crippen LogP contribution in [0, 0.1) is 6.92 Å². The Kier molecular flexibility index (Phi) is 5.80. The SMILES string of the molecule is Cc1cccc(CN2CCN(S(=O)(=O)N3C[C@@H](C)O[C@@H](C)C3)CC2)c1. The Morgan fingerprint density at radius 3 is 2.28 bits per heavy atom. The maximum Gasteiger partial charge on any atom is 0.282 e. The molecule has 2 atom stereocenters. The van der Waals surface area contributed by atoms with Gasteiger partial charge in [-0.15, -0.1) is 0 Å². The molecule has 0 unspecified atom stereocenters. The normalized spacial score (nSPS) is 27.5. The van der Waals surface area contributed by atoms with Crippen LogP contribution in [0.5, 0.6) is 0 Å². The Labute approximate surface area is 151 Å². The first-order chi connectivity index (χ1) is 11.8. The van der Waals surface area contributed by atoms with Gasteiger partial charge in [-0.3, -0.25) is 4.90 Å². The van der Waals surface area contributed by atoms with E-state index in [2.05, 4.69) is 36.1 Å². The molecule has 25 heavy (non-hydrogen) atoms. The van der Waals surface area contributed by atoms with Crippen molar-refractivity contribution in [2.24, 2.45) is 0 Å². The summed E-state index contributed by atoms with van der Waals surface area (Å²) < 4.78 is 34.7. The molecule has 2 fully saturated rings. The zero-order valence-electron chi connectivity index (χ0n) is 15.4. The van der Waals surface area contributed by atoms with E-state index >= 15 is 0 Å². The first kappa shape index (κ1) is 18.8. The number of benzene rings is 1. The highest BCUT2D eigenvalue weighted by molar-refractivity contribution is 7.86. The Balaban J connectivity index is 1.57. The molecule has 0 bridgehead atoms. The Morgan fingerprint density at radius 2 is 1.68 bits per heavy atom. The molecule has 1 aromatic rings. The molecule has 2 aliphatic rings. The summed E-state index contributed by atoms with van der Waals surface area (Å²) in [6.07, 6.45) is -0.109. The minimum Gasteiger partial charge on any atom is -0.373 e. The van der Waals surface area contributed by atoms with E-state index in [1.165, 1.54) is 11.1 Å². The highest BCUT2D eigenvalue weighted by Crippen LogP contribution is 2.19. The number of ether oxygens (including phenoxy) is 1. The third-order valence-corrected chi connectivity index (χ3v) is 6.83. The van der Waals surface area contributed by atoms with Gasteiger partial charge < -0.3 is 4.74 Å². The predicted octanol–water partition coefficient (Wildman–Crippen LogP) is 1.47. The van der Waals surface area contributed by atoms with Gasteiger partial charge in [0.25, 0.3) is 10.2 Å². The molecule has 7 heteroatoms. The van der Waals surface area contributed by atoms with Crippen LogP contribution in [0.25, 0.3) is 0 Å². The van der Waals surface area contributed by atoms with Crippen molar-refractivity contribution in [3.8, 4) is 0 Å². The summed E-state index contributed by atoms with van der Waals surface area (Å²) in [5, 5.41) is 0. The van der Waals surface area contributed by atoms with E-state index in [9.17, 15) is 8.42 Å². The summed E-state index contributed by atoms with van der Waals surface area (Å²) >= 11 is 0. The van der Waals surface area contributed by atoms with Gasteiger partial charge in [-0.05, 0) is 26.3 Å². The van der Waals surface area contributed by atoms with E-state index in [-0.39, 0.29) is 12.2 Å². The molecule has 0 aromatic heterocycles. The van der Waals surface area contributed by atoms with Crippen molar-refractivity contribution in [3.63, 3.8) is 0 Å². The molecular formula is C18H29N3O3S. The van der Waals surface area contributed by atoms with Crippen molar-refractivity contribution in [2.75, 3.05) is 39.3 Å². The Bertz CT molecular complexity index is 677. The van der Waals surface area contributed by atoms with E-state index in [0.29, 0.717) is 26.2 Å². The molecule has 1 aromatic carbocycles. The largest absolute Gasteiger partial charge is 0.373 e. The standard InChI is InChI=1S/C18H29N3O3S/c1-15-5-4-6-18(11-15)14-19-7-9-20(10-8-19)25(22,23)21-12-16(2)24-17(3)13-21/h4-6,11,16-17H,7-10,12-14H2,1-3H3/t16-,17+. The average Bonchev–Trinajstić information content (AvgIpc) is 2.54. The second-order valence-electron chi connectivity index (χ2n) is 7.25. The zero-order valence-corrected chi connectivity index (χ0v) is 16.2. The molecule has 0 radical (unpaired) electrons. The maximum atomic E-state index is 12.9. The molecule has 0 spiro atoms. The van der Waals surface area contributed by atoms with E-state index in [1.54, 1.807) is 8.61 Å². The van der Waals surface area contributed by atoms with Gasteiger partial charge in [0, 0.05) is 45.8 Å². The maximum absolute atomic E-state index is 12.9. The summed E-state index contributed by atoms with van der Waals surface area (Å²) in [5.74, 6) is 0. The van der Waals surface area contributed by atoms with Crippen LogP contribution in [-0.2, 0) is 21.5 Å². The Hall–Kier alpha value is -0.990. The monoisotopic (exact) mass is 367 g/mol. The highest BCUT2D eigenvalue weighted by Gasteiger charge is 2.36. The zero-order chi connectivity index (χ0) is 18.0.